The second kappa shape index (κ2) is 10.3. The lowest BCUT2D eigenvalue weighted by Crippen LogP contribution is -2.47. The molecule has 2 aromatic carbocycles. The number of nitriles is 1. The second-order valence-corrected chi connectivity index (χ2v) is 8.21. The van der Waals surface area contributed by atoms with E-state index >= 15 is 0 Å². The van der Waals surface area contributed by atoms with Crippen molar-refractivity contribution in [3.05, 3.63) is 66.2 Å². The molecule has 0 amide bonds. The fraction of sp³-hybridized carbons (Fsp3) is 0.269. The fourth-order valence-corrected chi connectivity index (χ4v) is 4.13. The van der Waals surface area contributed by atoms with Crippen molar-refractivity contribution in [3.63, 3.8) is 0 Å². The van der Waals surface area contributed by atoms with Gasteiger partial charge in [0.05, 0.1) is 43.8 Å². The third-order valence-electron chi connectivity index (χ3n) is 6.08. The van der Waals surface area contributed by atoms with E-state index < -0.39 is 0 Å². The minimum Gasteiger partial charge on any atom is -0.493 e. The van der Waals surface area contributed by atoms with Crippen molar-refractivity contribution in [1.29, 1.82) is 5.26 Å². The summed E-state index contributed by atoms with van der Waals surface area (Å²) in [6.45, 7) is 3.42. The summed E-state index contributed by atoms with van der Waals surface area (Å²) in [6.07, 6.45) is 4.96. The van der Waals surface area contributed by atoms with Crippen molar-refractivity contribution >= 4 is 22.7 Å². The van der Waals surface area contributed by atoms with E-state index in [9.17, 15) is 0 Å². The molecule has 2 aromatic heterocycles. The summed E-state index contributed by atoms with van der Waals surface area (Å²) in [5.74, 6) is 3.42. The molecule has 1 saturated heterocycles. The number of ether oxygens (including phenoxy) is 3. The molecule has 3 heterocycles. The first-order valence-corrected chi connectivity index (χ1v) is 11.5. The van der Waals surface area contributed by atoms with Gasteiger partial charge in [-0.05, 0) is 23.8 Å². The third-order valence-corrected chi connectivity index (χ3v) is 6.08. The van der Waals surface area contributed by atoms with E-state index in [1.807, 2.05) is 24.3 Å². The van der Waals surface area contributed by atoms with Crippen molar-refractivity contribution in [2.24, 2.45) is 0 Å². The van der Waals surface area contributed by atoms with Gasteiger partial charge in [-0.1, -0.05) is 12.1 Å². The number of methoxy groups -OCH3 is 2. The number of nitrogens with zero attached hydrogens (tertiary/aromatic N) is 7. The number of piperazine rings is 1. The number of hydrogen-bond acceptors (Lipinski definition) is 10. The zero-order valence-electron chi connectivity index (χ0n) is 20.1. The maximum Gasteiger partial charge on any atom is 0.225 e. The average molecular weight is 484 g/mol. The maximum atomic E-state index is 8.90. The Hall–Kier alpha value is -4.65. The van der Waals surface area contributed by atoms with E-state index in [0.29, 0.717) is 35.4 Å². The molecular weight excluding hydrogens is 458 g/mol. The van der Waals surface area contributed by atoms with Crippen LogP contribution < -0.4 is 24.0 Å². The lowest BCUT2D eigenvalue weighted by atomic mass is 10.2. The smallest absolute Gasteiger partial charge is 0.225 e. The van der Waals surface area contributed by atoms with Gasteiger partial charge in [0.25, 0.3) is 0 Å². The first-order valence-electron chi connectivity index (χ1n) is 11.5. The Morgan fingerprint density at radius 3 is 2.19 bits per heavy atom. The Labute approximate surface area is 208 Å². The van der Waals surface area contributed by atoms with E-state index in [1.165, 1.54) is 0 Å². The molecule has 0 saturated carbocycles. The van der Waals surface area contributed by atoms with Crippen LogP contribution in [0.3, 0.4) is 0 Å². The molecule has 1 fully saturated rings. The molecule has 4 aromatic rings. The zero-order chi connectivity index (χ0) is 24.9. The van der Waals surface area contributed by atoms with Crippen molar-refractivity contribution in [3.8, 4) is 23.3 Å². The summed E-state index contributed by atoms with van der Waals surface area (Å²) in [4.78, 5) is 22.4. The molecule has 5 rings (SSSR count). The molecule has 0 bridgehead atoms. The quantitative estimate of drug-likeness (QED) is 0.389. The number of aromatic nitrogens is 4. The predicted molar refractivity (Wildman–Crippen MR) is 135 cm³/mol. The van der Waals surface area contributed by atoms with Crippen LogP contribution in [0.1, 0.15) is 11.1 Å². The first-order chi connectivity index (χ1) is 17.7. The van der Waals surface area contributed by atoms with Gasteiger partial charge in [-0.3, -0.25) is 0 Å². The molecule has 0 atom stereocenters. The molecule has 1 aliphatic heterocycles. The minimum absolute atomic E-state index is 0.386. The fourth-order valence-electron chi connectivity index (χ4n) is 4.13. The van der Waals surface area contributed by atoms with Gasteiger partial charge < -0.3 is 24.0 Å². The van der Waals surface area contributed by atoms with Crippen LogP contribution in [0.4, 0.5) is 11.8 Å². The lowest BCUT2D eigenvalue weighted by molar-refractivity contribution is 0.303. The molecule has 0 N–H and O–H groups in total. The van der Waals surface area contributed by atoms with Crippen molar-refractivity contribution in [1.82, 2.24) is 19.9 Å². The lowest BCUT2D eigenvalue weighted by Gasteiger charge is -2.35. The molecule has 182 valence electrons. The number of rotatable bonds is 7. The normalized spacial score (nSPS) is 13.4. The number of benzene rings is 2. The van der Waals surface area contributed by atoms with Gasteiger partial charge in [-0.2, -0.15) is 5.26 Å². The van der Waals surface area contributed by atoms with E-state index in [0.717, 1.165) is 48.5 Å². The SMILES string of the molecule is COc1cc2ncnc(N3CCN(c4ncc(OCc5ccc(C#N)cc5)cn4)CC3)c2cc1OC. The van der Waals surface area contributed by atoms with E-state index in [2.05, 4.69) is 35.8 Å². The number of fused-ring (bicyclic) bond motifs is 1. The highest BCUT2D eigenvalue weighted by Crippen LogP contribution is 2.35. The van der Waals surface area contributed by atoms with E-state index in [4.69, 9.17) is 19.5 Å². The summed E-state index contributed by atoms with van der Waals surface area (Å²) in [5.41, 5.74) is 2.40. The van der Waals surface area contributed by atoms with Gasteiger partial charge >= 0.3 is 0 Å². The van der Waals surface area contributed by atoms with Gasteiger partial charge in [-0.15, -0.1) is 0 Å². The first kappa shape index (κ1) is 23.1. The summed E-state index contributed by atoms with van der Waals surface area (Å²) in [5, 5.41) is 9.82. The van der Waals surface area contributed by atoms with Crippen LogP contribution >= 0.6 is 0 Å². The minimum atomic E-state index is 0.386. The highest BCUT2D eigenvalue weighted by Gasteiger charge is 2.22. The average Bonchev–Trinajstić information content (AvgIpc) is 2.95. The molecule has 10 heteroatoms. The molecule has 1 aliphatic rings. The molecule has 0 aliphatic carbocycles. The van der Waals surface area contributed by atoms with Crippen molar-refractivity contribution < 1.29 is 14.2 Å². The number of hydrogen-bond donors (Lipinski definition) is 0. The van der Waals surface area contributed by atoms with Crippen LogP contribution in [-0.4, -0.2) is 60.3 Å². The van der Waals surface area contributed by atoms with Crippen LogP contribution in [0.25, 0.3) is 10.9 Å². The Kier molecular flexibility index (Phi) is 6.62. The molecule has 10 nitrogen and oxygen atoms in total. The maximum absolute atomic E-state index is 8.90. The van der Waals surface area contributed by atoms with Gasteiger partial charge in [0.1, 0.15) is 18.8 Å². The third kappa shape index (κ3) is 4.77. The molecule has 0 spiro atoms. The largest absolute Gasteiger partial charge is 0.493 e. The Bertz CT molecular complexity index is 1380. The Morgan fingerprint density at radius 2 is 1.53 bits per heavy atom. The summed E-state index contributed by atoms with van der Waals surface area (Å²) in [6, 6.07) is 13.2. The van der Waals surface area contributed by atoms with Crippen LogP contribution in [-0.2, 0) is 6.61 Å². The predicted octanol–water partition coefficient (Wildman–Crippen LogP) is 3.21. The monoisotopic (exact) mass is 483 g/mol. The van der Waals surface area contributed by atoms with E-state index in [-0.39, 0.29) is 0 Å². The van der Waals surface area contributed by atoms with Crippen molar-refractivity contribution in [2.45, 2.75) is 6.61 Å². The standard InChI is InChI=1S/C26H25N7O3/c1-34-23-11-21-22(12-24(23)35-2)30-17-31-25(21)32-7-9-33(10-8-32)26-28-14-20(15-29-26)36-16-19-5-3-18(13-27)4-6-19/h3-6,11-12,14-15,17H,7-10,16H2,1-2H3. The summed E-state index contributed by atoms with van der Waals surface area (Å²) >= 11 is 0. The van der Waals surface area contributed by atoms with Gasteiger partial charge in [0, 0.05) is 37.6 Å². The van der Waals surface area contributed by atoms with E-state index in [1.54, 1.807) is 45.1 Å². The summed E-state index contributed by atoms with van der Waals surface area (Å²) in [7, 11) is 3.23. The molecule has 0 radical (unpaired) electrons. The Balaban J connectivity index is 1.22. The Morgan fingerprint density at radius 1 is 0.861 bits per heavy atom. The second-order valence-electron chi connectivity index (χ2n) is 8.21. The zero-order valence-corrected chi connectivity index (χ0v) is 20.1. The highest BCUT2D eigenvalue weighted by atomic mass is 16.5. The van der Waals surface area contributed by atoms with Crippen LogP contribution in [0, 0.1) is 11.3 Å². The van der Waals surface area contributed by atoms with Crippen LogP contribution in [0.2, 0.25) is 0 Å². The van der Waals surface area contributed by atoms with Crippen LogP contribution in [0.5, 0.6) is 17.2 Å². The number of anilines is 2. The van der Waals surface area contributed by atoms with Gasteiger partial charge in [0.2, 0.25) is 5.95 Å². The van der Waals surface area contributed by atoms with Gasteiger partial charge in [-0.25, -0.2) is 19.9 Å². The van der Waals surface area contributed by atoms with Gasteiger partial charge in [0.15, 0.2) is 17.2 Å². The topological polar surface area (TPSA) is 110 Å². The summed E-state index contributed by atoms with van der Waals surface area (Å²) < 4.78 is 16.7. The molecular formula is C26H25N7O3. The molecule has 36 heavy (non-hydrogen) atoms. The van der Waals surface area contributed by atoms with Crippen molar-refractivity contribution in [2.75, 3.05) is 50.2 Å². The molecule has 0 unspecified atom stereocenters. The highest BCUT2D eigenvalue weighted by molar-refractivity contribution is 5.92. The van der Waals surface area contributed by atoms with Crippen LogP contribution in [0.15, 0.2) is 55.1 Å².